The normalized spacial score (nSPS) is 15.9. The summed E-state index contributed by atoms with van der Waals surface area (Å²) in [6, 6.07) is 8.30. The fourth-order valence-electron chi connectivity index (χ4n) is 3.22. The summed E-state index contributed by atoms with van der Waals surface area (Å²) in [5.74, 6) is 2.24. The summed E-state index contributed by atoms with van der Waals surface area (Å²) in [4.78, 5) is 8.66. The Labute approximate surface area is 141 Å². The first-order valence-electron chi connectivity index (χ1n) is 8.20. The SMILES string of the molecule is Cc1cnccc1-c1nc(-c2ccc3c(c2)C=CC3C(C)C)no1. The highest BCUT2D eigenvalue weighted by Crippen LogP contribution is 2.37. The number of hydrogen-bond donors (Lipinski definition) is 0. The van der Waals surface area contributed by atoms with E-state index in [4.69, 9.17) is 4.52 Å². The molecule has 4 rings (SSSR count). The van der Waals surface area contributed by atoms with Crippen molar-refractivity contribution in [3.63, 3.8) is 0 Å². The van der Waals surface area contributed by atoms with Crippen molar-refractivity contribution in [3.05, 3.63) is 59.4 Å². The summed E-state index contributed by atoms with van der Waals surface area (Å²) in [6.45, 7) is 6.49. The molecule has 1 aromatic carbocycles. The van der Waals surface area contributed by atoms with Gasteiger partial charge in [0.2, 0.25) is 5.82 Å². The maximum atomic E-state index is 5.46. The number of rotatable bonds is 3. The van der Waals surface area contributed by atoms with Gasteiger partial charge in [-0.05, 0) is 41.7 Å². The molecule has 1 aliphatic carbocycles. The first kappa shape index (κ1) is 14.8. The van der Waals surface area contributed by atoms with Crippen LogP contribution in [0.3, 0.4) is 0 Å². The first-order chi connectivity index (χ1) is 11.6. The predicted octanol–water partition coefficient (Wildman–Crippen LogP) is 4.87. The quantitative estimate of drug-likeness (QED) is 0.691. The second-order valence-electron chi connectivity index (χ2n) is 6.59. The minimum Gasteiger partial charge on any atom is -0.334 e. The van der Waals surface area contributed by atoms with Crippen molar-refractivity contribution in [2.45, 2.75) is 26.7 Å². The van der Waals surface area contributed by atoms with Gasteiger partial charge in [-0.2, -0.15) is 4.98 Å². The maximum Gasteiger partial charge on any atom is 0.258 e. The van der Waals surface area contributed by atoms with E-state index in [1.54, 1.807) is 12.4 Å². The topological polar surface area (TPSA) is 51.8 Å². The molecule has 1 atom stereocenters. The lowest BCUT2D eigenvalue weighted by Crippen LogP contribution is -2.01. The molecule has 2 heterocycles. The minimum atomic E-state index is 0.495. The number of benzene rings is 1. The summed E-state index contributed by atoms with van der Waals surface area (Å²) in [6.07, 6.45) is 8.00. The molecule has 0 N–H and O–H groups in total. The van der Waals surface area contributed by atoms with Gasteiger partial charge in [0.25, 0.3) is 5.89 Å². The maximum absolute atomic E-state index is 5.46. The van der Waals surface area contributed by atoms with Crippen LogP contribution in [0.25, 0.3) is 28.9 Å². The van der Waals surface area contributed by atoms with E-state index >= 15 is 0 Å². The summed E-state index contributed by atoms with van der Waals surface area (Å²) >= 11 is 0. The van der Waals surface area contributed by atoms with Gasteiger partial charge in [-0.3, -0.25) is 4.98 Å². The molecule has 2 aromatic heterocycles. The highest BCUT2D eigenvalue weighted by atomic mass is 16.5. The lowest BCUT2D eigenvalue weighted by atomic mass is 9.90. The van der Waals surface area contributed by atoms with Gasteiger partial charge in [0.15, 0.2) is 0 Å². The summed E-state index contributed by atoms with van der Waals surface area (Å²) < 4.78 is 5.46. The van der Waals surface area contributed by atoms with E-state index in [1.165, 1.54) is 11.1 Å². The molecule has 1 aliphatic rings. The van der Waals surface area contributed by atoms with Crippen LogP contribution < -0.4 is 0 Å². The molecule has 1 unspecified atom stereocenters. The third kappa shape index (κ3) is 2.44. The number of aryl methyl sites for hydroxylation is 1. The zero-order valence-corrected chi connectivity index (χ0v) is 14.0. The molecule has 4 heteroatoms. The molecule has 0 amide bonds. The molecule has 4 nitrogen and oxygen atoms in total. The number of nitrogens with zero attached hydrogens (tertiary/aromatic N) is 3. The van der Waals surface area contributed by atoms with Gasteiger partial charge >= 0.3 is 0 Å². The number of pyridine rings is 1. The minimum absolute atomic E-state index is 0.495. The van der Waals surface area contributed by atoms with Crippen molar-refractivity contribution in [2.75, 3.05) is 0 Å². The molecule has 120 valence electrons. The number of aromatic nitrogens is 3. The molecule has 0 saturated carbocycles. The summed E-state index contributed by atoms with van der Waals surface area (Å²) in [5, 5.41) is 4.15. The van der Waals surface area contributed by atoms with Gasteiger partial charge in [0.05, 0.1) is 0 Å². The largest absolute Gasteiger partial charge is 0.334 e. The van der Waals surface area contributed by atoms with Crippen molar-refractivity contribution in [1.29, 1.82) is 0 Å². The molecule has 0 aliphatic heterocycles. The van der Waals surface area contributed by atoms with E-state index in [9.17, 15) is 0 Å². The molecular formula is C20H19N3O. The molecule has 24 heavy (non-hydrogen) atoms. The highest BCUT2D eigenvalue weighted by Gasteiger charge is 2.21. The fourth-order valence-corrected chi connectivity index (χ4v) is 3.22. The van der Waals surface area contributed by atoms with E-state index in [2.05, 4.69) is 59.3 Å². The molecule has 0 saturated heterocycles. The Balaban J connectivity index is 1.69. The first-order valence-corrected chi connectivity index (χ1v) is 8.20. The monoisotopic (exact) mass is 317 g/mol. The molecule has 0 radical (unpaired) electrons. The zero-order valence-electron chi connectivity index (χ0n) is 14.0. The molecule has 3 aromatic rings. The van der Waals surface area contributed by atoms with Gasteiger partial charge < -0.3 is 4.52 Å². The van der Waals surface area contributed by atoms with Crippen LogP contribution in [-0.2, 0) is 0 Å². The Morgan fingerprint density at radius 3 is 2.83 bits per heavy atom. The van der Waals surface area contributed by atoms with Crippen LogP contribution in [-0.4, -0.2) is 15.1 Å². The lowest BCUT2D eigenvalue weighted by Gasteiger charge is -2.14. The van der Waals surface area contributed by atoms with Crippen molar-refractivity contribution in [1.82, 2.24) is 15.1 Å². The van der Waals surface area contributed by atoms with Crippen molar-refractivity contribution in [2.24, 2.45) is 5.92 Å². The summed E-state index contributed by atoms with van der Waals surface area (Å²) in [7, 11) is 0. The average Bonchev–Trinajstić information content (AvgIpc) is 3.21. The molecule has 0 fully saturated rings. The van der Waals surface area contributed by atoms with E-state index in [0.29, 0.717) is 23.6 Å². The van der Waals surface area contributed by atoms with E-state index in [0.717, 1.165) is 16.7 Å². The zero-order chi connectivity index (χ0) is 16.7. The second-order valence-corrected chi connectivity index (χ2v) is 6.59. The molecular weight excluding hydrogens is 298 g/mol. The van der Waals surface area contributed by atoms with Crippen LogP contribution in [0.5, 0.6) is 0 Å². The van der Waals surface area contributed by atoms with E-state index < -0.39 is 0 Å². The lowest BCUT2D eigenvalue weighted by molar-refractivity contribution is 0.432. The summed E-state index contributed by atoms with van der Waals surface area (Å²) in [5.41, 5.74) is 5.54. The van der Waals surface area contributed by atoms with Gasteiger partial charge in [-0.15, -0.1) is 0 Å². The van der Waals surface area contributed by atoms with Gasteiger partial charge in [0.1, 0.15) is 0 Å². The van der Waals surface area contributed by atoms with Crippen molar-refractivity contribution in [3.8, 4) is 22.8 Å². The Bertz CT molecular complexity index is 924. The standard InChI is InChI=1S/C20H19N3O/c1-12(2)16-6-4-14-10-15(5-7-18(14)16)19-22-20(24-23-19)17-8-9-21-11-13(17)3/h4-12,16H,1-3H3. The molecule has 0 spiro atoms. The van der Waals surface area contributed by atoms with Crippen LogP contribution >= 0.6 is 0 Å². The van der Waals surface area contributed by atoms with Crippen molar-refractivity contribution >= 4 is 6.08 Å². The predicted molar refractivity (Wildman–Crippen MR) is 94.3 cm³/mol. The van der Waals surface area contributed by atoms with E-state index in [-0.39, 0.29) is 0 Å². The van der Waals surface area contributed by atoms with Gasteiger partial charge in [0, 0.05) is 29.4 Å². The smallest absolute Gasteiger partial charge is 0.258 e. The number of allylic oxidation sites excluding steroid dienone is 1. The van der Waals surface area contributed by atoms with Crippen LogP contribution in [0, 0.1) is 12.8 Å². The van der Waals surface area contributed by atoms with Crippen LogP contribution in [0.15, 0.2) is 47.3 Å². The average molecular weight is 317 g/mol. The van der Waals surface area contributed by atoms with Crippen LogP contribution in [0.2, 0.25) is 0 Å². The van der Waals surface area contributed by atoms with Crippen molar-refractivity contribution < 1.29 is 4.52 Å². The number of fused-ring (bicyclic) bond motifs is 1. The number of hydrogen-bond acceptors (Lipinski definition) is 4. The third-order valence-electron chi connectivity index (χ3n) is 4.58. The fraction of sp³-hybridized carbons (Fsp3) is 0.250. The van der Waals surface area contributed by atoms with Gasteiger partial charge in [-0.25, -0.2) is 0 Å². The Kier molecular flexibility index (Phi) is 3.53. The van der Waals surface area contributed by atoms with Gasteiger partial charge in [-0.1, -0.05) is 43.3 Å². The van der Waals surface area contributed by atoms with E-state index in [1.807, 2.05) is 13.0 Å². The highest BCUT2D eigenvalue weighted by molar-refractivity contribution is 5.70. The van der Waals surface area contributed by atoms with Crippen LogP contribution in [0.4, 0.5) is 0 Å². The Morgan fingerprint density at radius 2 is 2.04 bits per heavy atom. The molecule has 0 bridgehead atoms. The Morgan fingerprint density at radius 1 is 1.17 bits per heavy atom. The second kappa shape index (κ2) is 5.71. The third-order valence-corrected chi connectivity index (χ3v) is 4.58. The van der Waals surface area contributed by atoms with Crippen LogP contribution in [0.1, 0.15) is 36.5 Å². The Hall–Kier alpha value is -2.75.